The van der Waals surface area contributed by atoms with Crippen molar-refractivity contribution in [1.82, 2.24) is 5.32 Å². The molecule has 6 nitrogen and oxygen atoms in total. The molecule has 0 aromatic heterocycles. The van der Waals surface area contributed by atoms with Crippen molar-refractivity contribution >= 4 is 11.9 Å². The fourth-order valence-corrected chi connectivity index (χ4v) is 2.73. The maximum Gasteiger partial charge on any atom is 0.352 e. The summed E-state index contributed by atoms with van der Waals surface area (Å²) >= 11 is 0. The molecule has 0 saturated heterocycles. The molecule has 0 bridgehead atoms. The van der Waals surface area contributed by atoms with E-state index in [4.69, 9.17) is 14.2 Å². The van der Waals surface area contributed by atoms with E-state index in [9.17, 15) is 9.59 Å². The summed E-state index contributed by atoms with van der Waals surface area (Å²) in [6.07, 6.45) is -0.00956. The third kappa shape index (κ3) is 3.64. The number of fused-ring (bicyclic) bond motifs is 1. The largest absolute Gasteiger partial charge is 0.485 e. The van der Waals surface area contributed by atoms with Crippen LogP contribution in [0.5, 0.6) is 11.5 Å². The van der Waals surface area contributed by atoms with Gasteiger partial charge in [-0.25, -0.2) is 4.79 Å². The first-order valence-electron chi connectivity index (χ1n) is 8.65. The number of carbonyl (C=O) groups is 2. The molecule has 4 rings (SSSR count). The predicted octanol–water partition coefficient (Wildman–Crippen LogP) is 2.39. The molecule has 0 spiro atoms. The molecule has 2 unspecified atom stereocenters. The molecule has 1 saturated carbocycles. The average molecular weight is 353 g/mol. The van der Waals surface area contributed by atoms with Crippen LogP contribution in [-0.2, 0) is 14.3 Å². The van der Waals surface area contributed by atoms with Gasteiger partial charge in [-0.05, 0) is 25.0 Å². The zero-order valence-corrected chi connectivity index (χ0v) is 14.1. The average Bonchev–Trinajstić information content (AvgIpc) is 3.50. The SMILES string of the molecule is O=C(OC(C(=O)NC1CC1)c1ccccc1)C1COc2ccccc2O1. The van der Waals surface area contributed by atoms with E-state index in [-0.39, 0.29) is 18.6 Å². The minimum Gasteiger partial charge on any atom is -0.485 e. The van der Waals surface area contributed by atoms with Crippen molar-refractivity contribution in [2.75, 3.05) is 6.61 Å². The molecule has 2 aromatic carbocycles. The highest BCUT2D eigenvalue weighted by molar-refractivity contribution is 5.86. The molecule has 6 heteroatoms. The second-order valence-electron chi connectivity index (χ2n) is 6.37. The minimum absolute atomic E-state index is 0.0433. The molecular weight excluding hydrogens is 334 g/mol. The van der Waals surface area contributed by atoms with Crippen LogP contribution < -0.4 is 14.8 Å². The van der Waals surface area contributed by atoms with E-state index < -0.39 is 18.2 Å². The lowest BCUT2D eigenvalue weighted by atomic mass is 10.1. The van der Waals surface area contributed by atoms with Gasteiger partial charge in [-0.2, -0.15) is 0 Å². The highest BCUT2D eigenvalue weighted by atomic mass is 16.6. The molecule has 1 amide bonds. The summed E-state index contributed by atoms with van der Waals surface area (Å²) in [6, 6.07) is 16.3. The monoisotopic (exact) mass is 353 g/mol. The fraction of sp³-hybridized carbons (Fsp3) is 0.300. The third-order valence-corrected chi connectivity index (χ3v) is 4.27. The van der Waals surface area contributed by atoms with E-state index >= 15 is 0 Å². The Labute approximate surface area is 151 Å². The standard InChI is InChI=1S/C20H19NO5/c22-19(21-14-10-11-14)18(13-6-2-1-3-7-13)26-20(23)17-12-24-15-8-4-5-9-16(15)25-17/h1-9,14,17-18H,10-12H2,(H,21,22). The molecule has 1 aliphatic heterocycles. The van der Waals surface area contributed by atoms with Gasteiger partial charge in [-0.15, -0.1) is 0 Å². The van der Waals surface area contributed by atoms with E-state index in [1.165, 1.54) is 0 Å². The van der Waals surface area contributed by atoms with E-state index in [0.29, 0.717) is 17.1 Å². The Bertz CT molecular complexity index is 803. The molecule has 2 aromatic rings. The van der Waals surface area contributed by atoms with Gasteiger partial charge >= 0.3 is 5.97 Å². The van der Waals surface area contributed by atoms with Gasteiger partial charge in [0.15, 0.2) is 11.5 Å². The quantitative estimate of drug-likeness (QED) is 0.836. The van der Waals surface area contributed by atoms with Gasteiger partial charge in [-0.1, -0.05) is 42.5 Å². The van der Waals surface area contributed by atoms with E-state index in [1.807, 2.05) is 12.1 Å². The number of ether oxygens (including phenoxy) is 3. The van der Waals surface area contributed by atoms with Crippen molar-refractivity contribution in [3.63, 3.8) is 0 Å². The molecule has 1 heterocycles. The van der Waals surface area contributed by atoms with Gasteiger partial charge < -0.3 is 19.5 Å². The van der Waals surface area contributed by atoms with Crippen molar-refractivity contribution in [1.29, 1.82) is 0 Å². The second-order valence-corrected chi connectivity index (χ2v) is 6.37. The van der Waals surface area contributed by atoms with Crippen molar-refractivity contribution in [2.24, 2.45) is 0 Å². The van der Waals surface area contributed by atoms with E-state index in [0.717, 1.165) is 12.8 Å². The predicted molar refractivity (Wildman–Crippen MR) is 92.8 cm³/mol. The Morgan fingerprint density at radius 2 is 1.69 bits per heavy atom. The Morgan fingerprint density at radius 3 is 2.42 bits per heavy atom. The van der Waals surface area contributed by atoms with E-state index in [1.54, 1.807) is 42.5 Å². The van der Waals surface area contributed by atoms with Crippen LogP contribution in [0, 0.1) is 0 Å². The number of nitrogens with one attached hydrogen (secondary N) is 1. The third-order valence-electron chi connectivity index (χ3n) is 4.27. The molecule has 2 aliphatic rings. The highest BCUT2D eigenvalue weighted by Gasteiger charge is 2.35. The van der Waals surface area contributed by atoms with Crippen molar-refractivity contribution in [3.05, 3.63) is 60.2 Å². The van der Waals surface area contributed by atoms with Gasteiger partial charge in [0.05, 0.1) is 0 Å². The number of para-hydroxylation sites is 2. The summed E-state index contributed by atoms with van der Waals surface area (Å²) in [5.74, 6) is 0.130. The number of esters is 1. The molecule has 26 heavy (non-hydrogen) atoms. The lowest BCUT2D eigenvalue weighted by Crippen LogP contribution is -2.41. The Hall–Kier alpha value is -3.02. The van der Waals surface area contributed by atoms with Gasteiger partial charge in [0, 0.05) is 11.6 Å². The molecule has 1 aliphatic carbocycles. The first kappa shape index (κ1) is 16.4. The molecule has 1 N–H and O–H groups in total. The summed E-state index contributed by atoms with van der Waals surface area (Å²) in [4.78, 5) is 25.1. The van der Waals surface area contributed by atoms with Crippen LogP contribution in [0.2, 0.25) is 0 Å². The molecule has 134 valence electrons. The highest BCUT2D eigenvalue weighted by Crippen LogP contribution is 2.32. The topological polar surface area (TPSA) is 73.9 Å². The van der Waals surface area contributed by atoms with Gasteiger partial charge in [0.25, 0.3) is 5.91 Å². The normalized spacial score (nSPS) is 19.3. The maximum absolute atomic E-state index is 12.6. The first-order chi connectivity index (χ1) is 12.7. The number of amides is 1. The van der Waals surface area contributed by atoms with Crippen LogP contribution in [0.1, 0.15) is 24.5 Å². The number of rotatable bonds is 5. The van der Waals surface area contributed by atoms with Crippen LogP contribution in [0.4, 0.5) is 0 Å². The Kier molecular flexibility index (Phi) is 4.48. The zero-order valence-electron chi connectivity index (χ0n) is 14.1. The summed E-state index contributed by atoms with van der Waals surface area (Å²) in [5.41, 5.74) is 0.621. The summed E-state index contributed by atoms with van der Waals surface area (Å²) in [7, 11) is 0. The van der Waals surface area contributed by atoms with Crippen molar-refractivity contribution in [3.8, 4) is 11.5 Å². The number of hydrogen-bond donors (Lipinski definition) is 1. The van der Waals surface area contributed by atoms with Gasteiger partial charge in [0.2, 0.25) is 12.2 Å². The zero-order chi connectivity index (χ0) is 17.9. The number of hydrogen-bond acceptors (Lipinski definition) is 5. The summed E-state index contributed by atoms with van der Waals surface area (Å²) < 4.78 is 16.8. The lowest BCUT2D eigenvalue weighted by Gasteiger charge is -2.26. The van der Waals surface area contributed by atoms with Crippen LogP contribution in [-0.4, -0.2) is 30.6 Å². The molecule has 1 fully saturated rings. The molecule has 2 atom stereocenters. The summed E-state index contributed by atoms with van der Waals surface area (Å²) in [6.45, 7) is 0.0433. The minimum atomic E-state index is -1.01. The van der Waals surface area contributed by atoms with Crippen LogP contribution >= 0.6 is 0 Å². The van der Waals surface area contributed by atoms with E-state index in [2.05, 4.69) is 5.32 Å². The summed E-state index contributed by atoms with van der Waals surface area (Å²) in [5, 5.41) is 2.89. The Balaban J connectivity index is 1.48. The Morgan fingerprint density at radius 1 is 1.00 bits per heavy atom. The smallest absolute Gasteiger partial charge is 0.352 e. The number of benzene rings is 2. The first-order valence-corrected chi connectivity index (χ1v) is 8.65. The number of carbonyl (C=O) groups excluding carboxylic acids is 2. The van der Waals surface area contributed by atoms with Crippen LogP contribution in [0.3, 0.4) is 0 Å². The van der Waals surface area contributed by atoms with Gasteiger partial charge in [0.1, 0.15) is 6.61 Å². The molecular formula is C20H19NO5. The lowest BCUT2D eigenvalue weighted by molar-refractivity contribution is -0.165. The van der Waals surface area contributed by atoms with Gasteiger partial charge in [-0.3, -0.25) is 4.79 Å². The van der Waals surface area contributed by atoms with Crippen LogP contribution in [0.15, 0.2) is 54.6 Å². The maximum atomic E-state index is 12.6. The van der Waals surface area contributed by atoms with Crippen molar-refractivity contribution in [2.45, 2.75) is 31.1 Å². The van der Waals surface area contributed by atoms with Crippen molar-refractivity contribution < 1.29 is 23.8 Å². The van der Waals surface area contributed by atoms with Crippen LogP contribution in [0.25, 0.3) is 0 Å². The fourth-order valence-electron chi connectivity index (χ4n) is 2.73. The molecule has 0 radical (unpaired) electrons. The second kappa shape index (κ2) is 7.07.